The summed E-state index contributed by atoms with van der Waals surface area (Å²) in [5.74, 6) is 1.73. The predicted molar refractivity (Wildman–Crippen MR) is 79.7 cm³/mol. The zero-order chi connectivity index (χ0) is 13.8. The molecule has 1 heterocycles. The van der Waals surface area contributed by atoms with Crippen molar-refractivity contribution in [1.29, 1.82) is 0 Å². The van der Waals surface area contributed by atoms with Crippen LogP contribution in [0, 0.1) is 6.92 Å². The number of hydrogen-bond acceptors (Lipinski definition) is 3. The van der Waals surface area contributed by atoms with Crippen molar-refractivity contribution in [3.63, 3.8) is 0 Å². The van der Waals surface area contributed by atoms with E-state index in [-0.39, 0.29) is 6.04 Å². The van der Waals surface area contributed by atoms with Gasteiger partial charge in [0.25, 0.3) is 0 Å². The Balaban J connectivity index is 2.50. The lowest BCUT2D eigenvalue weighted by atomic mass is 10.0. The third kappa shape index (κ3) is 3.01. The van der Waals surface area contributed by atoms with Crippen LogP contribution < -0.4 is 10.1 Å². The van der Waals surface area contributed by atoms with Gasteiger partial charge in [0, 0.05) is 5.56 Å². The van der Waals surface area contributed by atoms with Gasteiger partial charge < -0.3 is 14.5 Å². The molecule has 4 heteroatoms. The van der Waals surface area contributed by atoms with Crippen LogP contribution >= 0.6 is 15.9 Å². The molecule has 0 radical (unpaired) electrons. The van der Waals surface area contributed by atoms with E-state index in [1.165, 1.54) is 5.56 Å². The van der Waals surface area contributed by atoms with Gasteiger partial charge in [-0.05, 0) is 41.5 Å². The van der Waals surface area contributed by atoms with Crippen molar-refractivity contribution in [2.75, 3.05) is 13.7 Å². The van der Waals surface area contributed by atoms with Gasteiger partial charge in [0.05, 0.1) is 23.9 Å². The van der Waals surface area contributed by atoms with Gasteiger partial charge in [-0.1, -0.05) is 24.6 Å². The summed E-state index contributed by atoms with van der Waals surface area (Å²) in [6, 6.07) is 8.04. The van der Waals surface area contributed by atoms with Crippen LogP contribution in [-0.4, -0.2) is 13.7 Å². The maximum absolute atomic E-state index is 5.61. The minimum atomic E-state index is -0.0239. The molecule has 1 unspecified atom stereocenters. The SMILES string of the molecule is CCNC(c1cc(C)ccc1OC)c1occc1Br. The molecule has 0 aliphatic rings. The zero-order valence-corrected chi connectivity index (χ0v) is 13.0. The first kappa shape index (κ1) is 14.2. The quantitative estimate of drug-likeness (QED) is 0.901. The predicted octanol–water partition coefficient (Wildman–Crippen LogP) is 4.06. The summed E-state index contributed by atoms with van der Waals surface area (Å²) in [6.45, 7) is 4.99. The molecule has 0 fully saturated rings. The highest BCUT2D eigenvalue weighted by atomic mass is 79.9. The smallest absolute Gasteiger partial charge is 0.139 e. The third-order valence-corrected chi connectivity index (χ3v) is 3.67. The molecule has 102 valence electrons. The molecule has 19 heavy (non-hydrogen) atoms. The molecule has 1 atom stereocenters. The van der Waals surface area contributed by atoms with Crippen LogP contribution in [0.15, 0.2) is 39.4 Å². The molecule has 0 saturated heterocycles. The van der Waals surface area contributed by atoms with E-state index >= 15 is 0 Å². The van der Waals surface area contributed by atoms with E-state index in [0.29, 0.717) is 0 Å². The molecular formula is C15H18BrNO2. The third-order valence-electron chi connectivity index (χ3n) is 3.01. The molecule has 1 aromatic heterocycles. The van der Waals surface area contributed by atoms with Crippen LogP contribution in [0.4, 0.5) is 0 Å². The van der Waals surface area contributed by atoms with Gasteiger partial charge >= 0.3 is 0 Å². The van der Waals surface area contributed by atoms with Gasteiger partial charge in [-0.15, -0.1) is 0 Å². The van der Waals surface area contributed by atoms with Crippen molar-refractivity contribution in [3.8, 4) is 5.75 Å². The van der Waals surface area contributed by atoms with Gasteiger partial charge in [0.15, 0.2) is 0 Å². The first-order valence-corrected chi connectivity index (χ1v) is 7.07. The minimum absolute atomic E-state index is 0.0239. The van der Waals surface area contributed by atoms with E-state index in [0.717, 1.165) is 28.1 Å². The fourth-order valence-corrected chi connectivity index (χ4v) is 2.57. The molecule has 1 aromatic carbocycles. The Morgan fingerprint density at radius 1 is 1.37 bits per heavy atom. The maximum Gasteiger partial charge on any atom is 0.139 e. The van der Waals surface area contributed by atoms with Crippen LogP contribution in [0.25, 0.3) is 0 Å². The molecule has 0 aliphatic carbocycles. The van der Waals surface area contributed by atoms with Crippen LogP contribution in [0.2, 0.25) is 0 Å². The topological polar surface area (TPSA) is 34.4 Å². The normalized spacial score (nSPS) is 12.4. The molecule has 0 saturated carbocycles. The summed E-state index contributed by atoms with van der Waals surface area (Å²) >= 11 is 3.52. The second kappa shape index (κ2) is 6.26. The standard InChI is InChI=1S/C15H18BrNO2/c1-4-17-14(15-12(16)7-8-19-15)11-9-10(2)5-6-13(11)18-3/h5-9,14,17H,4H2,1-3H3. The first-order chi connectivity index (χ1) is 9.17. The van der Waals surface area contributed by atoms with Crippen molar-refractivity contribution >= 4 is 15.9 Å². The van der Waals surface area contributed by atoms with Crippen LogP contribution in [-0.2, 0) is 0 Å². The minimum Gasteiger partial charge on any atom is -0.496 e. The largest absolute Gasteiger partial charge is 0.496 e. The van der Waals surface area contributed by atoms with Crippen LogP contribution in [0.3, 0.4) is 0 Å². The molecule has 0 amide bonds. The van der Waals surface area contributed by atoms with Crippen molar-refractivity contribution in [2.24, 2.45) is 0 Å². The number of ether oxygens (including phenoxy) is 1. The van der Waals surface area contributed by atoms with Gasteiger partial charge in [0.2, 0.25) is 0 Å². The summed E-state index contributed by atoms with van der Waals surface area (Å²) in [7, 11) is 1.69. The average Bonchev–Trinajstić information content (AvgIpc) is 2.82. The van der Waals surface area contributed by atoms with Gasteiger partial charge in [-0.2, -0.15) is 0 Å². The van der Waals surface area contributed by atoms with E-state index in [4.69, 9.17) is 9.15 Å². The van der Waals surface area contributed by atoms with Crippen molar-refractivity contribution in [2.45, 2.75) is 19.9 Å². The average molecular weight is 324 g/mol. The lowest BCUT2D eigenvalue weighted by molar-refractivity contribution is 0.393. The van der Waals surface area contributed by atoms with E-state index in [1.807, 2.05) is 18.2 Å². The number of nitrogens with one attached hydrogen (secondary N) is 1. The molecule has 0 bridgehead atoms. The molecule has 0 aliphatic heterocycles. The Morgan fingerprint density at radius 3 is 2.74 bits per heavy atom. The highest BCUT2D eigenvalue weighted by molar-refractivity contribution is 9.10. The Morgan fingerprint density at radius 2 is 2.16 bits per heavy atom. The number of aryl methyl sites for hydroxylation is 1. The monoisotopic (exact) mass is 323 g/mol. The van der Waals surface area contributed by atoms with Crippen LogP contribution in [0.1, 0.15) is 29.9 Å². The Hall–Kier alpha value is -1.26. The lowest BCUT2D eigenvalue weighted by Crippen LogP contribution is -2.22. The number of benzene rings is 1. The van der Waals surface area contributed by atoms with E-state index in [1.54, 1.807) is 13.4 Å². The van der Waals surface area contributed by atoms with E-state index in [9.17, 15) is 0 Å². The highest BCUT2D eigenvalue weighted by Crippen LogP contribution is 2.34. The molecule has 0 spiro atoms. The maximum atomic E-state index is 5.61. The van der Waals surface area contributed by atoms with Crippen molar-refractivity contribution in [1.82, 2.24) is 5.32 Å². The number of hydrogen-bond donors (Lipinski definition) is 1. The van der Waals surface area contributed by atoms with Crippen molar-refractivity contribution < 1.29 is 9.15 Å². The van der Waals surface area contributed by atoms with Crippen LogP contribution in [0.5, 0.6) is 5.75 Å². The first-order valence-electron chi connectivity index (χ1n) is 6.28. The summed E-state index contributed by atoms with van der Waals surface area (Å²) in [5, 5.41) is 3.44. The number of methoxy groups -OCH3 is 1. The zero-order valence-electron chi connectivity index (χ0n) is 11.4. The highest BCUT2D eigenvalue weighted by Gasteiger charge is 2.22. The Kier molecular flexibility index (Phi) is 4.66. The second-order valence-corrected chi connectivity index (χ2v) is 5.22. The summed E-state index contributed by atoms with van der Waals surface area (Å²) < 4.78 is 12.0. The van der Waals surface area contributed by atoms with Gasteiger partial charge in [-0.25, -0.2) is 0 Å². The lowest BCUT2D eigenvalue weighted by Gasteiger charge is -2.20. The van der Waals surface area contributed by atoms with Gasteiger partial charge in [0.1, 0.15) is 11.5 Å². The molecule has 1 N–H and O–H groups in total. The summed E-state index contributed by atoms with van der Waals surface area (Å²) in [5.41, 5.74) is 2.28. The molecule has 2 rings (SSSR count). The molecule has 3 nitrogen and oxygen atoms in total. The summed E-state index contributed by atoms with van der Waals surface area (Å²) in [4.78, 5) is 0. The molecule has 2 aromatic rings. The fraction of sp³-hybridized carbons (Fsp3) is 0.333. The fourth-order valence-electron chi connectivity index (χ4n) is 2.14. The van der Waals surface area contributed by atoms with Crippen molar-refractivity contribution in [3.05, 3.63) is 51.9 Å². The molecular weight excluding hydrogens is 306 g/mol. The number of halogens is 1. The van der Waals surface area contributed by atoms with E-state index < -0.39 is 0 Å². The Bertz CT molecular complexity index is 551. The van der Waals surface area contributed by atoms with Gasteiger partial charge in [-0.3, -0.25) is 0 Å². The second-order valence-electron chi connectivity index (χ2n) is 4.37. The van der Waals surface area contributed by atoms with E-state index in [2.05, 4.69) is 41.2 Å². The Labute approximate surface area is 122 Å². The number of furan rings is 1. The summed E-state index contributed by atoms with van der Waals surface area (Å²) in [6.07, 6.45) is 1.69. The number of rotatable bonds is 5.